The van der Waals surface area contributed by atoms with Crippen LogP contribution in [0, 0.1) is 11.8 Å². The van der Waals surface area contributed by atoms with Crippen molar-refractivity contribution in [3.8, 4) is 0 Å². The molecule has 1 atom stereocenters. The smallest absolute Gasteiger partial charge is 0.274 e. The molecule has 2 heterocycles. The zero-order valence-corrected chi connectivity index (χ0v) is 16.1. The Morgan fingerprint density at radius 3 is 2.96 bits per heavy atom. The van der Waals surface area contributed by atoms with Crippen LogP contribution in [0.2, 0.25) is 0 Å². The topological polar surface area (TPSA) is 75.6 Å². The molecule has 3 rings (SSSR count). The van der Waals surface area contributed by atoms with Crippen LogP contribution in [0.15, 0.2) is 34.4 Å². The lowest BCUT2D eigenvalue weighted by molar-refractivity contribution is -0.115. The summed E-state index contributed by atoms with van der Waals surface area (Å²) in [5.74, 6) is 1.26. The third-order valence-electron chi connectivity index (χ3n) is 4.11. The second-order valence-corrected chi connectivity index (χ2v) is 7.74. The van der Waals surface area contributed by atoms with Gasteiger partial charge < -0.3 is 10.1 Å². The molecular formula is C19H24N4O2S. The molecule has 1 amide bonds. The van der Waals surface area contributed by atoms with Crippen LogP contribution in [0.3, 0.4) is 0 Å². The van der Waals surface area contributed by atoms with Gasteiger partial charge in [-0.05, 0) is 36.1 Å². The van der Waals surface area contributed by atoms with Crippen molar-refractivity contribution >= 4 is 39.5 Å². The lowest BCUT2D eigenvalue weighted by atomic mass is 9.98. The Morgan fingerprint density at radius 2 is 2.19 bits per heavy atom. The number of carbonyl (C=O) groups is 1. The predicted octanol–water partition coefficient (Wildman–Crippen LogP) is 3.02. The van der Waals surface area contributed by atoms with Crippen LogP contribution in [0.25, 0.3) is 16.3 Å². The highest BCUT2D eigenvalue weighted by molar-refractivity contribution is 7.16. The van der Waals surface area contributed by atoms with Crippen LogP contribution in [0.4, 0.5) is 0 Å². The Balaban J connectivity index is 1.68. The number of aromatic nitrogens is 1. The fourth-order valence-electron chi connectivity index (χ4n) is 3.02. The van der Waals surface area contributed by atoms with Crippen molar-refractivity contribution in [3.63, 3.8) is 0 Å². The van der Waals surface area contributed by atoms with Crippen molar-refractivity contribution in [1.82, 2.24) is 15.6 Å². The fourth-order valence-corrected chi connectivity index (χ4v) is 3.74. The van der Waals surface area contributed by atoms with Gasteiger partial charge in [-0.2, -0.15) is 0 Å². The molecule has 0 unspecified atom stereocenters. The summed E-state index contributed by atoms with van der Waals surface area (Å²) in [6.07, 6.45) is 2.87. The van der Waals surface area contributed by atoms with Gasteiger partial charge in [0.05, 0.1) is 22.3 Å². The Bertz CT molecular complexity index is 841. The van der Waals surface area contributed by atoms with Crippen molar-refractivity contribution < 1.29 is 9.53 Å². The minimum absolute atomic E-state index is 0.166. The summed E-state index contributed by atoms with van der Waals surface area (Å²) in [5.41, 5.74) is 4.25. The third-order valence-corrected chi connectivity index (χ3v) is 4.90. The standard InChI is InChI=1S/C19H24N4O2S/c1-12(2)6-14(10-25-3)9-20-19-22-16(18(24)23-19)7-13-4-5-15-17(8-13)26-11-21-15/h4-5,7-8,11-12,14H,6,9-10H2,1-3H3,(H2,20,22,23,24)/b16-7-/t14-/m0/s1. The average Bonchev–Trinajstić information content (AvgIpc) is 3.19. The molecule has 1 aromatic heterocycles. The van der Waals surface area contributed by atoms with E-state index >= 15 is 0 Å². The lowest BCUT2D eigenvalue weighted by Crippen LogP contribution is -2.27. The highest BCUT2D eigenvalue weighted by Gasteiger charge is 2.22. The van der Waals surface area contributed by atoms with E-state index in [-0.39, 0.29) is 5.91 Å². The summed E-state index contributed by atoms with van der Waals surface area (Å²) >= 11 is 1.58. The third kappa shape index (κ3) is 4.68. The van der Waals surface area contributed by atoms with Gasteiger partial charge in [0.1, 0.15) is 5.70 Å². The molecule has 0 saturated carbocycles. The van der Waals surface area contributed by atoms with E-state index < -0.39 is 0 Å². The zero-order valence-electron chi connectivity index (χ0n) is 15.3. The average molecular weight is 372 g/mol. The number of carbonyl (C=O) groups excluding carboxylic acids is 1. The first kappa shape index (κ1) is 18.5. The molecule has 7 heteroatoms. The van der Waals surface area contributed by atoms with Gasteiger partial charge in [0, 0.05) is 19.6 Å². The predicted molar refractivity (Wildman–Crippen MR) is 106 cm³/mol. The van der Waals surface area contributed by atoms with Crippen LogP contribution in [0.5, 0.6) is 0 Å². The number of methoxy groups -OCH3 is 1. The minimum Gasteiger partial charge on any atom is -0.384 e. The highest BCUT2D eigenvalue weighted by Crippen LogP contribution is 2.20. The molecule has 1 aliphatic heterocycles. The molecule has 138 valence electrons. The number of nitrogens with one attached hydrogen (secondary N) is 2. The van der Waals surface area contributed by atoms with E-state index in [2.05, 4.69) is 34.5 Å². The number of nitrogens with zero attached hydrogens (tertiary/aromatic N) is 2. The second-order valence-electron chi connectivity index (χ2n) is 6.86. The maximum absolute atomic E-state index is 12.2. The summed E-state index contributed by atoms with van der Waals surface area (Å²) in [5, 5.41) is 5.87. The van der Waals surface area contributed by atoms with Gasteiger partial charge >= 0.3 is 0 Å². The van der Waals surface area contributed by atoms with Gasteiger partial charge in [0.2, 0.25) is 5.96 Å². The first-order valence-electron chi connectivity index (χ1n) is 8.72. The number of fused-ring (bicyclic) bond motifs is 1. The van der Waals surface area contributed by atoms with Crippen molar-refractivity contribution in [2.45, 2.75) is 20.3 Å². The van der Waals surface area contributed by atoms with Crippen LogP contribution in [0.1, 0.15) is 25.8 Å². The minimum atomic E-state index is -0.166. The summed E-state index contributed by atoms with van der Waals surface area (Å²) in [7, 11) is 1.71. The molecule has 1 saturated heterocycles. The maximum Gasteiger partial charge on any atom is 0.274 e. The van der Waals surface area contributed by atoms with E-state index in [0.717, 1.165) is 22.2 Å². The number of ether oxygens (including phenoxy) is 1. The van der Waals surface area contributed by atoms with Crippen LogP contribution >= 0.6 is 11.3 Å². The molecule has 1 aromatic carbocycles. The van der Waals surface area contributed by atoms with Gasteiger partial charge in [-0.25, -0.2) is 4.98 Å². The number of hydrogen-bond acceptors (Lipinski definition) is 5. The highest BCUT2D eigenvalue weighted by atomic mass is 32.1. The monoisotopic (exact) mass is 372 g/mol. The van der Waals surface area contributed by atoms with Gasteiger partial charge in [-0.1, -0.05) is 19.9 Å². The van der Waals surface area contributed by atoms with Gasteiger partial charge in [-0.15, -0.1) is 11.3 Å². The molecule has 1 aliphatic rings. The van der Waals surface area contributed by atoms with Crippen LogP contribution in [-0.4, -0.2) is 37.1 Å². The van der Waals surface area contributed by atoms with E-state index in [1.807, 2.05) is 29.8 Å². The van der Waals surface area contributed by atoms with E-state index in [0.29, 0.717) is 36.6 Å². The van der Waals surface area contributed by atoms with E-state index in [1.165, 1.54) is 0 Å². The Kier molecular flexibility index (Phi) is 6.00. The molecule has 26 heavy (non-hydrogen) atoms. The molecule has 0 spiro atoms. The number of thiazole rings is 1. The Labute approximate surface area is 157 Å². The second kappa shape index (κ2) is 8.42. The number of guanidine groups is 1. The first-order valence-corrected chi connectivity index (χ1v) is 9.60. The largest absolute Gasteiger partial charge is 0.384 e. The zero-order chi connectivity index (χ0) is 18.5. The SMILES string of the molecule is COC[C@H](CN=C1NC(=O)/C(=C/c2ccc3ncsc3c2)N1)CC(C)C. The van der Waals surface area contributed by atoms with Gasteiger partial charge in [0.25, 0.3) is 5.91 Å². The molecule has 0 aliphatic carbocycles. The molecule has 1 fully saturated rings. The number of benzene rings is 1. The molecule has 0 radical (unpaired) electrons. The number of aliphatic imine (C=N–C) groups is 1. The summed E-state index contributed by atoms with van der Waals surface area (Å²) in [6.45, 7) is 5.66. The summed E-state index contributed by atoms with van der Waals surface area (Å²) in [4.78, 5) is 21.0. The van der Waals surface area contributed by atoms with E-state index in [9.17, 15) is 4.79 Å². The summed E-state index contributed by atoms with van der Waals surface area (Å²) < 4.78 is 6.38. The van der Waals surface area contributed by atoms with Crippen molar-refractivity contribution in [2.24, 2.45) is 16.8 Å². The molecule has 6 nitrogen and oxygen atoms in total. The molecule has 2 aromatic rings. The Hall–Kier alpha value is -2.25. The molecule has 0 bridgehead atoms. The lowest BCUT2D eigenvalue weighted by Gasteiger charge is -2.16. The van der Waals surface area contributed by atoms with Crippen molar-refractivity contribution in [3.05, 3.63) is 35.0 Å². The number of rotatable bonds is 7. The van der Waals surface area contributed by atoms with Crippen molar-refractivity contribution in [2.75, 3.05) is 20.3 Å². The van der Waals surface area contributed by atoms with Gasteiger partial charge in [0.15, 0.2) is 0 Å². The number of amides is 1. The van der Waals surface area contributed by atoms with Crippen molar-refractivity contribution in [1.29, 1.82) is 0 Å². The maximum atomic E-state index is 12.2. The van der Waals surface area contributed by atoms with Gasteiger partial charge in [-0.3, -0.25) is 15.1 Å². The van der Waals surface area contributed by atoms with Crippen LogP contribution < -0.4 is 10.6 Å². The first-order chi connectivity index (χ1) is 12.5. The molecular weight excluding hydrogens is 348 g/mol. The Morgan fingerprint density at radius 1 is 1.35 bits per heavy atom. The quantitative estimate of drug-likeness (QED) is 0.733. The summed E-state index contributed by atoms with van der Waals surface area (Å²) in [6, 6.07) is 5.94. The fraction of sp³-hybridized carbons (Fsp3) is 0.421. The van der Waals surface area contributed by atoms with E-state index in [4.69, 9.17) is 4.74 Å². The number of hydrogen-bond donors (Lipinski definition) is 2. The van der Waals surface area contributed by atoms with E-state index in [1.54, 1.807) is 18.4 Å². The normalized spacial score (nSPS) is 18.7. The van der Waals surface area contributed by atoms with Crippen LogP contribution in [-0.2, 0) is 9.53 Å². The molecule has 2 N–H and O–H groups in total.